The third-order valence-electron chi connectivity index (χ3n) is 26.3. The molecule has 4 saturated carbocycles. The van der Waals surface area contributed by atoms with Crippen LogP contribution in [-0.4, -0.2) is 94.1 Å². The van der Waals surface area contributed by atoms with E-state index < -0.39 is 46.9 Å². The Morgan fingerprint density at radius 3 is 0.952 bits per heavy atom. The number of nitrogens with two attached hydrogens (primary N) is 4. The third-order valence-corrected chi connectivity index (χ3v) is 26.3. The van der Waals surface area contributed by atoms with Crippen LogP contribution in [-0.2, 0) is 30.9 Å². The molecule has 0 saturated heterocycles. The number of amides is 4. The molecule has 4 unspecified atom stereocenters. The number of phenols is 1. The van der Waals surface area contributed by atoms with Crippen molar-refractivity contribution >= 4 is 46.4 Å². The van der Waals surface area contributed by atoms with Crippen LogP contribution in [0.15, 0.2) is 297 Å². The summed E-state index contributed by atoms with van der Waals surface area (Å²) in [7, 11) is 0. The van der Waals surface area contributed by atoms with Crippen molar-refractivity contribution in [3.05, 3.63) is 444 Å². The number of rotatable bonds is 36. The summed E-state index contributed by atoms with van der Waals surface area (Å²) in [6, 6.07) is 89.1. The second kappa shape index (κ2) is 47.6. The molecule has 25 nitrogen and oxygen atoms in total. The number of aryl methyl sites for hydroxylation is 6. The van der Waals surface area contributed by atoms with Gasteiger partial charge in [-0.05, 0) is 325 Å². The Morgan fingerprint density at radius 2 is 0.605 bits per heavy atom. The molecule has 4 fully saturated rings. The van der Waals surface area contributed by atoms with E-state index in [0.29, 0.717) is 113 Å². The van der Waals surface area contributed by atoms with Crippen LogP contribution in [0.25, 0.3) is 22.7 Å². The number of carbonyl (C=O) groups is 4. The standard InChI is InChI=1S/C30H32FN5O.C30H31FN4O2.C29H30FN5O2.C29H30FN5O/c1-19-5-3-7-23(13-19)29(33-18-21-9-10-21)24-11-12-26(31)27(16-24)34-30(37)28-14-20(2)35-36(28)25-8-4-6-22(15-25)17-32;1-19-5-3-7-23(13-19)29(37-18-21-9-10-21)24-11-12-26(31)27(16-24)33-30(36)28-14-20(2)34-35(28)25-8-4-6-22(15-25)17-32;1-18-13-26(35(34-18)22-6-4-5-20(14-22)16-31)29(37)33-25-15-21(11-12-24(25)30)28(32-17-19-9-10-19)23-7-2-3-8-27(23)36;1-19-14-27(35(34-19)24-9-5-6-21(15-24)17-31)29(36)33-26-16-23(12-13-25(26)30)28(32-18-20-10-11-20)22-7-3-2-4-8-22/h3-8,11-16,21,29,33H,9-10,17-18,32H2,1-2H3,(H,34,37);3-8,11-16,21,29H,9-10,17-18,32H2,1-2H3,(H,33,36);2-8,11-15,19,28,32,36H,9-10,16-17,31H2,1H3,(H,33,37);2-9,12-16,20,28,32H,10-11,17-18,31H2,1H3,(H,33,36). The van der Waals surface area contributed by atoms with Crippen molar-refractivity contribution in [1.82, 2.24) is 55.1 Å². The minimum absolute atomic E-state index is 0.0530. The molecule has 147 heavy (non-hydrogen) atoms. The Hall–Kier alpha value is -15.4. The number of anilines is 4. The Bertz CT molecular complexity index is 7150. The molecule has 4 atom stereocenters. The lowest BCUT2D eigenvalue weighted by atomic mass is 9.96. The number of aromatic nitrogens is 8. The van der Waals surface area contributed by atoms with Gasteiger partial charge in [0.1, 0.15) is 57.9 Å². The first kappa shape index (κ1) is 103. The van der Waals surface area contributed by atoms with Crippen molar-refractivity contribution in [1.29, 1.82) is 0 Å². The average molecular weight is 1980 g/mol. The molecule has 0 spiro atoms. The maximum atomic E-state index is 15.0. The molecular formula is C118H123F4N19O6. The highest BCUT2D eigenvalue weighted by Crippen LogP contribution is 2.40. The predicted octanol–water partition coefficient (Wildman–Crippen LogP) is 21.2. The number of benzene rings is 12. The second-order valence-electron chi connectivity index (χ2n) is 38.4. The number of hydrogen-bond donors (Lipinski definition) is 12. The average Bonchev–Trinajstić information content (AvgIpc) is 1.67. The van der Waals surface area contributed by atoms with Gasteiger partial charge in [-0.25, -0.2) is 36.3 Å². The summed E-state index contributed by atoms with van der Waals surface area (Å²) < 4.78 is 72.2. The minimum Gasteiger partial charge on any atom is -0.508 e. The van der Waals surface area contributed by atoms with Crippen molar-refractivity contribution in [2.75, 3.05) is 47.5 Å². The van der Waals surface area contributed by atoms with E-state index in [0.717, 1.165) is 103 Å². The maximum absolute atomic E-state index is 15.0. The van der Waals surface area contributed by atoms with Crippen LogP contribution in [0.1, 0.15) is 218 Å². The molecule has 4 aliphatic rings. The Kier molecular flexibility index (Phi) is 33.4. The first-order valence-electron chi connectivity index (χ1n) is 49.9. The number of para-hydroxylation sites is 1. The number of nitrogens with zero attached hydrogens (tertiary/aromatic N) is 8. The zero-order valence-corrected chi connectivity index (χ0v) is 83.1. The van der Waals surface area contributed by atoms with Crippen molar-refractivity contribution in [3.63, 3.8) is 0 Å². The predicted molar refractivity (Wildman–Crippen MR) is 567 cm³/mol. The van der Waals surface area contributed by atoms with Crippen LogP contribution >= 0.6 is 0 Å². The lowest BCUT2D eigenvalue weighted by Gasteiger charge is -2.22. The number of nitrogens with one attached hydrogen (secondary N) is 7. The summed E-state index contributed by atoms with van der Waals surface area (Å²) in [5.41, 5.74) is 43.5. The summed E-state index contributed by atoms with van der Waals surface area (Å²) in [6.45, 7) is 16.1. The molecule has 0 bridgehead atoms. The summed E-state index contributed by atoms with van der Waals surface area (Å²) in [6.07, 6.45) is 9.28. The molecule has 16 N–H and O–H groups in total. The fourth-order valence-corrected chi connectivity index (χ4v) is 17.7. The van der Waals surface area contributed by atoms with Gasteiger partial charge in [0, 0.05) is 31.7 Å². The fraction of sp³-hybridized carbons (Fsp3) is 0.254. The number of ether oxygens (including phenoxy) is 1. The van der Waals surface area contributed by atoms with E-state index in [1.54, 1.807) is 106 Å². The maximum Gasteiger partial charge on any atom is 0.274 e. The van der Waals surface area contributed by atoms with Gasteiger partial charge in [-0.15, -0.1) is 0 Å². The summed E-state index contributed by atoms with van der Waals surface area (Å²) >= 11 is 0. The number of aromatic hydroxyl groups is 1. The van der Waals surface area contributed by atoms with E-state index in [1.807, 2.05) is 179 Å². The van der Waals surface area contributed by atoms with Crippen molar-refractivity contribution in [2.45, 2.75) is 143 Å². The summed E-state index contributed by atoms with van der Waals surface area (Å²) in [5.74, 6) is -1.15. The van der Waals surface area contributed by atoms with Crippen molar-refractivity contribution in [2.24, 2.45) is 46.6 Å². The van der Waals surface area contributed by atoms with E-state index in [9.17, 15) is 41.8 Å². The van der Waals surface area contributed by atoms with E-state index in [1.165, 1.54) is 80.3 Å². The van der Waals surface area contributed by atoms with Gasteiger partial charge in [-0.1, -0.05) is 181 Å². The van der Waals surface area contributed by atoms with Gasteiger partial charge in [0.2, 0.25) is 0 Å². The van der Waals surface area contributed by atoms with Crippen LogP contribution in [0.5, 0.6) is 5.75 Å². The minimum atomic E-state index is -0.553. The Balaban J connectivity index is 0.000000134. The van der Waals surface area contributed by atoms with E-state index in [-0.39, 0.29) is 58.4 Å². The Morgan fingerprint density at radius 1 is 0.320 bits per heavy atom. The summed E-state index contributed by atoms with van der Waals surface area (Å²) in [5, 5.41) is 50.3. The second-order valence-corrected chi connectivity index (χ2v) is 38.4. The van der Waals surface area contributed by atoms with Crippen molar-refractivity contribution in [3.8, 4) is 28.5 Å². The van der Waals surface area contributed by atoms with Gasteiger partial charge in [-0.2, -0.15) is 20.4 Å². The molecule has 0 radical (unpaired) electrons. The molecule has 754 valence electrons. The van der Waals surface area contributed by atoms with Crippen LogP contribution in [0.2, 0.25) is 0 Å². The zero-order valence-electron chi connectivity index (χ0n) is 83.1. The molecule has 0 aliphatic heterocycles. The van der Waals surface area contributed by atoms with Crippen LogP contribution in [0, 0.1) is 88.5 Å². The SMILES string of the molecule is Cc1cc(C(=O)Nc2cc(C(NCC3CC3)c3ccccc3)ccc2F)n(-c2cccc(CN)c2)n1.Cc1cc(C(=O)Nc2cc(C(NCC3CC3)c3ccccc3O)ccc2F)n(-c2cccc(CN)c2)n1.Cc1cccc(C(NCC2CC2)c2ccc(F)c(NC(=O)c3cc(C)nn3-c3cccc(CN)c3)c2)c1.Cc1cccc(C(OCC2CC2)c2ccc(F)c(NC(=O)c3cc(C)nn3-c3cccc(CN)c3)c2)c1. The fourth-order valence-electron chi connectivity index (χ4n) is 17.7. The normalized spacial score (nSPS) is 13.9. The molecule has 4 aliphatic carbocycles. The largest absolute Gasteiger partial charge is 0.508 e. The smallest absolute Gasteiger partial charge is 0.274 e. The topological polar surface area (TPSA) is 357 Å². The molecule has 4 aromatic heterocycles. The van der Waals surface area contributed by atoms with E-state index in [4.69, 9.17) is 27.7 Å². The first-order chi connectivity index (χ1) is 71.2. The Labute approximate surface area is 853 Å². The molecule has 4 heterocycles. The molecule has 16 aromatic rings. The van der Waals surface area contributed by atoms with Crippen LogP contribution in [0.4, 0.5) is 40.3 Å². The highest BCUT2D eigenvalue weighted by molar-refractivity contribution is 6.06. The van der Waals surface area contributed by atoms with Gasteiger partial charge in [0.05, 0.1) is 93.0 Å². The lowest BCUT2D eigenvalue weighted by molar-refractivity contribution is 0.0717. The lowest BCUT2D eigenvalue weighted by Crippen LogP contribution is -2.25. The third kappa shape index (κ3) is 26.8. The first-order valence-corrected chi connectivity index (χ1v) is 49.9. The van der Waals surface area contributed by atoms with Gasteiger partial charge >= 0.3 is 0 Å². The van der Waals surface area contributed by atoms with Gasteiger partial charge in [0.15, 0.2) is 0 Å². The monoisotopic (exact) mass is 1980 g/mol. The quantitative estimate of drug-likeness (QED) is 0.0162. The van der Waals surface area contributed by atoms with Gasteiger partial charge in [-0.3, -0.25) is 19.2 Å². The zero-order chi connectivity index (χ0) is 103. The summed E-state index contributed by atoms with van der Waals surface area (Å²) in [4.78, 5) is 53.4. The number of carbonyl (C=O) groups excluding carboxylic acids is 4. The van der Waals surface area contributed by atoms with Gasteiger partial charge < -0.3 is 70.0 Å². The molecule has 4 amide bonds. The molecule has 20 rings (SSSR count). The van der Waals surface area contributed by atoms with Crippen molar-refractivity contribution < 1.29 is 46.6 Å². The van der Waals surface area contributed by atoms with Crippen LogP contribution in [0.3, 0.4) is 0 Å². The van der Waals surface area contributed by atoms with E-state index >= 15 is 0 Å². The van der Waals surface area contributed by atoms with E-state index in [2.05, 4.69) is 101 Å². The number of hydrogen-bond acceptors (Lipinski definition) is 17. The number of halogens is 4. The van der Waals surface area contributed by atoms with Gasteiger partial charge in [0.25, 0.3) is 23.6 Å². The number of phenolic OH excluding ortho intramolecular Hbond substituents is 1. The van der Waals surface area contributed by atoms with Crippen LogP contribution < -0.4 is 60.2 Å². The molecule has 29 heteroatoms. The highest BCUT2D eigenvalue weighted by atomic mass is 19.1. The molecule has 12 aromatic carbocycles. The molecular weight excluding hydrogens is 1860 g/mol. The highest BCUT2D eigenvalue weighted by Gasteiger charge is 2.32.